The van der Waals surface area contributed by atoms with Crippen LogP contribution in [0.5, 0.6) is 5.75 Å². The van der Waals surface area contributed by atoms with Crippen molar-refractivity contribution >= 4 is 37.8 Å². The van der Waals surface area contributed by atoms with Gasteiger partial charge in [0.2, 0.25) is 0 Å². The van der Waals surface area contributed by atoms with Crippen LogP contribution in [-0.2, 0) is 0 Å². The number of rotatable bonds is 2. The average Bonchev–Trinajstić information content (AvgIpc) is 2.38. The SMILES string of the molecule is O=C(NC1CCC(O)CC1)c1cc(Br)c(O)c(Br)c1. The van der Waals surface area contributed by atoms with Gasteiger partial charge in [0.25, 0.3) is 5.91 Å². The Hall–Kier alpha value is -0.590. The maximum atomic E-state index is 12.1. The number of hydrogen-bond donors (Lipinski definition) is 3. The van der Waals surface area contributed by atoms with Crippen molar-refractivity contribution in [3.63, 3.8) is 0 Å². The zero-order valence-electron chi connectivity index (χ0n) is 10.2. The molecule has 1 aliphatic carbocycles. The number of carbonyl (C=O) groups excluding carboxylic acids is 1. The molecule has 0 heterocycles. The summed E-state index contributed by atoms with van der Waals surface area (Å²) in [4.78, 5) is 12.1. The van der Waals surface area contributed by atoms with Crippen LogP contribution in [0.3, 0.4) is 0 Å². The first-order valence-corrected chi connectivity index (χ1v) is 7.73. The molecule has 6 heteroatoms. The van der Waals surface area contributed by atoms with Crippen molar-refractivity contribution in [2.24, 2.45) is 0 Å². The maximum absolute atomic E-state index is 12.1. The van der Waals surface area contributed by atoms with E-state index < -0.39 is 0 Å². The number of aromatic hydroxyl groups is 1. The van der Waals surface area contributed by atoms with Gasteiger partial charge in [-0.3, -0.25) is 4.79 Å². The van der Waals surface area contributed by atoms with Gasteiger partial charge in [0, 0.05) is 11.6 Å². The van der Waals surface area contributed by atoms with Gasteiger partial charge in [-0.2, -0.15) is 0 Å². The topological polar surface area (TPSA) is 69.6 Å². The van der Waals surface area contributed by atoms with Crippen LogP contribution in [0.4, 0.5) is 0 Å². The van der Waals surface area contributed by atoms with E-state index >= 15 is 0 Å². The summed E-state index contributed by atoms with van der Waals surface area (Å²) < 4.78 is 0.956. The smallest absolute Gasteiger partial charge is 0.251 e. The van der Waals surface area contributed by atoms with Gasteiger partial charge in [-0.25, -0.2) is 0 Å². The largest absolute Gasteiger partial charge is 0.506 e. The van der Waals surface area contributed by atoms with Crippen molar-refractivity contribution in [2.45, 2.75) is 37.8 Å². The molecule has 0 spiro atoms. The van der Waals surface area contributed by atoms with Crippen molar-refractivity contribution in [3.8, 4) is 5.75 Å². The van der Waals surface area contributed by atoms with E-state index in [9.17, 15) is 15.0 Å². The Morgan fingerprint density at radius 1 is 1.16 bits per heavy atom. The van der Waals surface area contributed by atoms with Crippen LogP contribution < -0.4 is 5.32 Å². The molecule has 1 fully saturated rings. The summed E-state index contributed by atoms with van der Waals surface area (Å²) in [5, 5.41) is 22.0. The summed E-state index contributed by atoms with van der Waals surface area (Å²) in [6.45, 7) is 0. The van der Waals surface area contributed by atoms with Crippen molar-refractivity contribution < 1.29 is 15.0 Å². The van der Waals surface area contributed by atoms with Crippen LogP contribution in [-0.4, -0.2) is 28.3 Å². The lowest BCUT2D eigenvalue weighted by atomic mass is 9.93. The average molecular weight is 393 g/mol. The van der Waals surface area contributed by atoms with E-state index in [4.69, 9.17) is 0 Å². The number of carbonyl (C=O) groups is 1. The molecule has 1 aliphatic rings. The van der Waals surface area contributed by atoms with Crippen molar-refractivity contribution in [3.05, 3.63) is 26.6 Å². The molecule has 1 amide bonds. The highest BCUT2D eigenvalue weighted by Crippen LogP contribution is 2.33. The van der Waals surface area contributed by atoms with Crippen LogP contribution in [0.25, 0.3) is 0 Å². The first-order chi connectivity index (χ1) is 8.97. The third-order valence-electron chi connectivity index (χ3n) is 3.31. The Bertz CT molecular complexity index is 462. The Kier molecular flexibility index (Phi) is 4.86. The minimum absolute atomic E-state index is 0.0809. The van der Waals surface area contributed by atoms with Gasteiger partial charge in [0.1, 0.15) is 5.75 Å². The quantitative estimate of drug-likeness (QED) is 0.724. The third-order valence-corrected chi connectivity index (χ3v) is 4.52. The lowest BCUT2D eigenvalue weighted by Crippen LogP contribution is -2.38. The normalized spacial score (nSPS) is 23.1. The standard InChI is InChI=1S/C13H15Br2NO3/c14-10-5-7(6-11(15)12(10)18)13(19)16-8-1-3-9(17)4-2-8/h5-6,8-9,17-18H,1-4H2,(H,16,19). The molecule has 2 rings (SSSR count). The van der Waals surface area contributed by atoms with Crippen LogP contribution in [0.2, 0.25) is 0 Å². The molecule has 0 radical (unpaired) electrons. The lowest BCUT2D eigenvalue weighted by molar-refractivity contribution is 0.0867. The number of aliphatic hydroxyl groups excluding tert-OH is 1. The summed E-state index contributed by atoms with van der Waals surface area (Å²) in [5.74, 6) is -0.0832. The number of halogens is 2. The second-order valence-electron chi connectivity index (χ2n) is 4.77. The van der Waals surface area contributed by atoms with Gasteiger partial charge in [0.15, 0.2) is 0 Å². The molecule has 0 saturated heterocycles. The first-order valence-electron chi connectivity index (χ1n) is 6.14. The van der Waals surface area contributed by atoms with Gasteiger partial charge in [0.05, 0.1) is 15.0 Å². The van der Waals surface area contributed by atoms with Crippen molar-refractivity contribution in [1.29, 1.82) is 0 Å². The van der Waals surface area contributed by atoms with E-state index in [2.05, 4.69) is 37.2 Å². The Morgan fingerprint density at radius 3 is 2.21 bits per heavy atom. The molecular weight excluding hydrogens is 378 g/mol. The molecule has 1 aromatic carbocycles. The highest BCUT2D eigenvalue weighted by atomic mass is 79.9. The Morgan fingerprint density at radius 2 is 1.68 bits per heavy atom. The summed E-state index contributed by atoms with van der Waals surface area (Å²) in [7, 11) is 0. The number of aliphatic hydroxyl groups is 1. The number of nitrogens with one attached hydrogen (secondary N) is 1. The second-order valence-corrected chi connectivity index (χ2v) is 6.48. The van der Waals surface area contributed by atoms with Crippen molar-refractivity contribution in [1.82, 2.24) is 5.32 Å². The minimum atomic E-state index is -0.231. The second kappa shape index (κ2) is 6.24. The number of amides is 1. The summed E-state index contributed by atoms with van der Waals surface area (Å²) in [6, 6.07) is 3.29. The fraction of sp³-hybridized carbons (Fsp3) is 0.462. The molecule has 0 bridgehead atoms. The molecule has 0 aromatic heterocycles. The van der Waals surface area contributed by atoms with E-state index in [0.717, 1.165) is 25.7 Å². The molecule has 0 unspecified atom stereocenters. The fourth-order valence-electron chi connectivity index (χ4n) is 2.19. The van der Waals surface area contributed by atoms with Gasteiger partial charge >= 0.3 is 0 Å². The molecular formula is C13H15Br2NO3. The highest BCUT2D eigenvalue weighted by Gasteiger charge is 2.21. The zero-order chi connectivity index (χ0) is 14.0. The lowest BCUT2D eigenvalue weighted by Gasteiger charge is -2.26. The van der Waals surface area contributed by atoms with Crippen molar-refractivity contribution in [2.75, 3.05) is 0 Å². The van der Waals surface area contributed by atoms with E-state index in [-0.39, 0.29) is 23.8 Å². The molecule has 0 aliphatic heterocycles. The maximum Gasteiger partial charge on any atom is 0.251 e. The Labute approximate surface area is 128 Å². The number of phenols is 1. The predicted molar refractivity (Wildman–Crippen MR) is 79.2 cm³/mol. The Balaban J connectivity index is 2.04. The fourth-order valence-corrected chi connectivity index (χ4v) is 3.37. The van der Waals surface area contributed by atoms with Crippen LogP contribution in [0.15, 0.2) is 21.1 Å². The van der Waals surface area contributed by atoms with Crippen LogP contribution in [0, 0.1) is 0 Å². The van der Waals surface area contributed by atoms with Crippen LogP contribution >= 0.6 is 31.9 Å². The molecule has 104 valence electrons. The van der Waals surface area contributed by atoms with E-state index in [1.54, 1.807) is 12.1 Å². The van der Waals surface area contributed by atoms with E-state index in [1.807, 2.05) is 0 Å². The van der Waals surface area contributed by atoms with Gasteiger partial charge in [-0.1, -0.05) is 0 Å². The molecule has 19 heavy (non-hydrogen) atoms. The monoisotopic (exact) mass is 391 g/mol. The minimum Gasteiger partial charge on any atom is -0.506 e. The third kappa shape index (κ3) is 3.70. The molecule has 0 atom stereocenters. The van der Waals surface area contributed by atoms with E-state index in [0.29, 0.717) is 14.5 Å². The first kappa shape index (κ1) is 14.8. The number of hydrogen-bond acceptors (Lipinski definition) is 3. The van der Waals surface area contributed by atoms with Gasteiger partial charge in [-0.05, 0) is 69.7 Å². The van der Waals surface area contributed by atoms with Gasteiger partial charge in [-0.15, -0.1) is 0 Å². The summed E-state index contributed by atoms with van der Waals surface area (Å²) >= 11 is 6.41. The van der Waals surface area contributed by atoms with Crippen LogP contribution in [0.1, 0.15) is 36.0 Å². The summed E-state index contributed by atoms with van der Waals surface area (Å²) in [5.41, 5.74) is 0.489. The summed E-state index contributed by atoms with van der Waals surface area (Å²) in [6.07, 6.45) is 2.83. The molecule has 1 saturated carbocycles. The molecule has 3 N–H and O–H groups in total. The highest BCUT2D eigenvalue weighted by molar-refractivity contribution is 9.11. The predicted octanol–water partition coefficient (Wildman–Crippen LogP) is 2.95. The number of phenolic OH excluding ortho intramolecular Hbond substituents is 1. The number of benzene rings is 1. The molecule has 1 aromatic rings. The van der Waals surface area contributed by atoms with Gasteiger partial charge < -0.3 is 15.5 Å². The van der Waals surface area contributed by atoms with E-state index in [1.165, 1.54) is 0 Å². The molecule has 4 nitrogen and oxygen atoms in total. The zero-order valence-corrected chi connectivity index (χ0v) is 13.4.